The quantitative estimate of drug-likeness (QED) is 0.653. The van der Waals surface area contributed by atoms with Gasteiger partial charge in [0.05, 0.1) is 26.8 Å². The molecular formula is C16H12Cl2N4OS. The van der Waals surface area contributed by atoms with Crippen molar-refractivity contribution >= 4 is 50.7 Å². The Morgan fingerprint density at radius 1 is 1.38 bits per heavy atom. The summed E-state index contributed by atoms with van der Waals surface area (Å²) < 4.78 is 4.12. The van der Waals surface area contributed by atoms with Crippen molar-refractivity contribution in [2.24, 2.45) is 4.99 Å². The van der Waals surface area contributed by atoms with Crippen molar-refractivity contribution in [3.05, 3.63) is 44.9 Å². The Kier molecular flexibility index (Phi) is 4.76. The first-order valence-electron chi connectivity index (χ1n) is 7.08. The molecule has 0 saturated carbocycles. The number of rotatable bonds is 3. The molecule has 3 aromatic rings. The predicted octanol–water partition coefficient (Wildman–Crippen LogP) is 3.60. The van der Waals surface area contributed by atoms with Crippen molar-refractivity contribution in [3.8, 4) is 12.3 Å². The molecule has 0 aliphatic carbocycles. The Labute approximate surface area is 152 Å². The van der Waals surface area contributed by atoms with Gasteiger partial charge in [0, 0.05) is 12.7 Å². The molecule has 24 heavy (non-hydrogen) atoms. The third kappa shape index (κ3) is 2.98. The van der Waals surface area contributed by atoms with Crippen molar-refractivity contribution in [2.45, 2.75) is 20.0 Å². The van der Waals surface area contributed by atoms with Crippen LogP contribution in [0.4, 0.5) is 0 Å². The van der Waals surface area contributed by atoms with E-state index in [1.54, 1.807) is 33.6 Å². The molecule has 1 aromatic carbocycles. The highest BCUT2D eigenvalue weighted by molar-refractivity contribution is 7.17. The molecule has 0 radical (unpaired) electrons. The van der Waals surface area contributed by atoms with E-state index in [-0.39, 0.29) is 12.2 Å². The van der Waals surface area contributed by atoms with Crippen LogP contribution in [0, 0.1) is 12.3 Å². The lowest BCUT2D eigenvalue weighted by atomic mass is 10.3. The lowest BCUT2D eigenvalue weighted by Gasteiger charge is -2.02. The smallest absolute Gasteiger partial charge is 0.300 e. The number of carbonyl (C=O) groups excluding carboxylic acids is 1. The second kappa shape index (κ2) is 6.81. The summed E-state index contributed by atoms with van der Waals surface area (Å²) in [6.07, 6.45) is 7.18. The van der Waals surface area contributed by atoms with E-state index < -0.39 is 5.91 Å². The summed E-state index contributed by atoms with van der Waals surface area (Å²) in [4.78, 5) is 17.0. The van der Waals surface area contributed by atoms with Crippen LogP contribution in [0.5, 0.6) is 0 Å². The molecule has 3 rings (SSSR count). The summed E-state index contributed by atoms with van der Waals surface area (Å²) in [6.45, 7) is 2.85. The van der Waals surface area contributed by atoms with Gasteiger partial charge in [-0.25, -0.2) is 0 Å². The lowest BCUT2D eigenvalue weighted by Crippen LogP contribution is -2.17. The fraction of sp³-hybridized carbons (Fsp3) is 0.188. The third-order valence-electron chi connectivity index (χ3n) is 3.36. The van der Waals surface area contributed by atoms with Crippen molar-refractivity contribution < 1.29 is 4.79 Å². The van der Waals surface area contributed by atoms with Gasteiger partial charge in [-0.1, -0.05) is 40.5 Å². The van der Waals surface area contributed by atoms with Crippen LogP contribution >= 0.6 is 34.5 Å². The Bertz CT molecular complexity index is 1040. The molecule has 0 bridgehead atoms. The molecule has 0 atom stereocenters. The topological polar surface area (TPSA) is 52.2 Å². The average molecular weight is 379 g/mol. The van der Waals surface area contributed by atoms with Crippen LogP contribution in [0.3, 0.4) is 0 Å². The fourth-order valence-electron chi connectivity index (χ4n) is 2.23. The van der Waals surface area contributed by atoms with Gasteiger partial charge < -0.3 is 4.57 Å². The maximum atomic E-state index is 12.4. The highest BCUT2D eigenvalue weighted by Gasteiger charge is 2.14. The van der Waals surface area contributed by atoms with Crippen molar-refractivity contribution in [2.75, 3.05) is 0 Å². The van der Waals surface area contributed by atoms with Gasteiger partial charge in [-0.3, -0.25) is 9.48 Å². The zero-order chi connectivity index (χ0) is 17.3. The second-order valence-electron chi connectivity index (χ2n) is 4.86. The van der Waals surface area contributed by atoms with Crippen molar-refractivity contribution in [3.63, 3.8) is 0 Å². The molecule has 0 aliphatic heterocycles. The van der Waals surface area contributed by atoms with Crippen molar-refractivity contribution in [1.82, 2.24) is 14.3 Å². The standard InChI is InChI=1S/C16H12Cl2N4OS/c1-3-8-22-13-10(17)5-6-11(18)14(13)24-16(22)19-15(23)12-7-9-21(4-2)20-12/h1,5-7,9H,4,8H2,2H3. The second-order valence-corrected chi connectivity index (χ2v) is 6.65. The minimum absolute atomic E-state index is 0.232. The molecular weight excluding hydrogens is 367 g/mol. The molecule has 0 spiro atoms. The maximum Gasteiger partial charge on any atom is 0.300 e. The number of thiazole rings is 1. The average Bonchev–Trinajstić information content (AvgIpc) is 3.18. The Morgan fingerprint density at radius 2 is 2.12 bits per heavy atom. The van der Waals surface area contributed by atoms with Gasteiger partial charge in [-0.15, -0.1) is 6.42 Å². The van der Waals surface area contributed by atoms with Crippen LogP contribution in [0.1, 0.15) is 17.4 Å². The number of halogens is 2. The highest BCUT2D eigenvalue weighted by atomic mass is 35.5. The summed E-state index contributed by atoms with van der Waals surface area (Å²) in [5.74, 6) is 2.11. The van der Waals surface area contributed by atoms with Gasteiger partial charge in [-0.2, -0.15) is 10.1 Å². The molecule has 0 unspecified atom stereocenters. The van der Waals surface area contributed by atoms with E-state index in [9.17, 15) is 4.79 Å². The summed E-state index contributed by atoms with van der Waals surface area (Å²) in [5, 5.41) is 5.21. The lowest BCUT2D eigenvalue weighted by molar-refractivity contribution is 0.0992. The fourth-order valence-corrected chi connectivity index (χ4v) is 3.87. The van der Waals surface area contributed by atoms with Crippen LogP contribution < -0.4 is 4.80 Å². The van der Waals surface area contributed by atoms with Crippen LogP contribution in [0.25, 0.3) is 10.2 Å². The number of aryl methyl sites for hydroxylation is 1. The summed E-state index contributed by atoms with van der Waals surface area (Å²) in [6, 6.07) is 5.03. The van der Waals surface area contributed by atoms with Gasteiger partial charge in [0.25, 0.3) is 5.91 Å². The van der Waals surface area contributed by atoms with E-state index in [1.165, 1.54) is 11.3 Å². The van der Waals surface area contributed by atoms with Gasteiger partial charge in [0.1, 0.15) is 0 Å². The number of aromatic nitrogens is 3. The molecule has 0 fully saturated rings. The normalized spacial score (nSPS) is 11.8. The molecule has 0 aliphatic rings. The number of carbonyl (C=O) groups is 1. The van der Waals surface area contributed by atoms with E-state index in [2.05, 4.69) is 16.0 Å². The Morgan fingerprint density at radius 3 is 2.79 bits per heavy atom. The summed E-state index contributed by atoms with van der Waals surface area (Å²) >= 11 is 13.8. The van der Waals surface area contributed by atoms with Crippen LogP contribution in [-0.4, -0.2) is 20.3 Å². The van der Waals surface area contributed by atoms with Crippen molar-refractivity contribution in [1.29, 1.82) is 0 Å². The number of fused-ring (bicyclic) bond motifs is 1. The molecule has 0 saturated heterocycles. The molecule has 2 heterocycles. The van der Waals surface area contributed by atoms with Gasteiger partial charge in [0.2, 0.25) is 0 Å². The van der Waals surface area contributed by atoms with Gasteiger partial charge >= 0.3 is 0 Å². The SMILES string of the molecule is C#CCn1c(=NC(=O)c2ccn(CC)n2)sc2c(Cl)ccc(Cl)c21. The van der Waals surface area contributed by atoms with Gasteiger partial charge in [0.15, 0.2) is 10.5 Å². The van der Waals surface area contributed by atoms with Gasteiger partial charge in [-0.05, 0) is 25.1 Å². The number of benzene rings is 1. The van der Waals surface area contributed by atoms with E-state index in [0.717, 1.165) is 4.70 Å². The first-order chi connectivity index (χ1) is 11.5. The van der Waals surface area contributed by atoms with Crippen LogP contribution in [-0.2, 0) is 13.1 Å². The number of terminal acetylenes is 1. The maximum absolute atomic E-state index is 12.4. The third-order valence-corrected chi connectivity index (χ3v) is 5.20. The van der Waals surface area contributed by atoms with E-state index in [1.807, 2.05) is 6.92 Å². The Balaban J connectivity index is 2.19. The molecule has 0 N–H and O–H groups in total. The summed E-state index contributed by atoms with van der Waals surface area (Å²) in [5.41, 5.74) is 0.955. The van der Waals surface area contributed by atoms with E-state index in [0.29, 0.717) is 26.9 Å². The number of hydrogen-bond acceptors (Lipinski definition) is 3. The molecule has 5 nitrogen and oxygen atoms in total. The largest absolute Gasteiger partial charge is 0.303 e. The Hall–Kier alpha value is -2.07. The molecule has 2 aromatic heterocycles. The minimum atomic E-state index is -0.438. The zero-order valence-electron chi connectivity index (χ0n) is 12.7. The minimum Gasteiger partial charge on any atom is -0.303 e. The highest BCUT2D eigenvalue weighted by Crippen LogP contribution is 2.31. The predicted molar refractivity (Wildman–Crippen MR) is 96.5 cm³/mol. The van der Waals surface area contributed by atoms with Crippen LogP contribution in [0.15, 0.2) is 29.4 Å². The van der Waals surface area contributed by atoms with E-state index >= 15 is 0 Å². The zero-order valence-corrected chi connectivity index (χ0v) is 15.0. The van der Waals surface area contributed by atoms with E-state index in [4.69, 9.17) is 29.6 Å². The summed E-state index contributed by atoms with van der Waals surface area (Å²) in [7, 11) is 0. The first kappa shape index (κ1) is 16.8. The molecule has 122 valence electrons. The van der Waals surface area contributed by atoms with Crippen LogP contribution in [0.2, 0.25) is 10.0 Å². The first-order valence-corrected chi connectivity index (χ1v) is 8.65. The molecule has 8 heteroatoms. The number of amides is 1. The number of hydrogen-bond donors (Lipinski definition) is 0. The monoisotopic (exact) mass is 378 g/mol. The molecule has 1 amide bonds. The number of nitrogens with zero attached hydrogens (tertiary/aromatic N) is 4.